The van der Waals surface area contributed by atoms with Gasteiger partial charge in [-0.05, 0) is 18.2 Å². The second kappa shape index (κ2) is 5.01. The van der Waals surface area contributed by atoms with Crippen molar-refractivity contribution in [1.29, 1.82) is 0 Å². The monoisotopic (exact) mass is 326 g/mol. The molecule has 2 heterocycles. The van der Waals surface area contributed by atoms with Gasteiger partial charge in [0.2, 0.25) is 0 Å². The molecule has 0 radical (unpaired) electrons. The Balaban J connectivity index is 2.15. The molecule has 2 N–H and O–H groups in total. The van der Waals surface area contributed by atoms with E-state index in [1.807, 2.05) is 6.07 Å². The fraction of sp³-hybridized carbons (Fsp3) is 0.143. The highest BCUT2D eigenvalue weighted by atomic mass is 32.1. The fourth-order valence-corrected chi connectivity index (χ4v) is 2.75. The van der Waals surface area contributed by atoms with Gasteiger partial charge in [0.1, 0.15) is 0 Å². The molecule has 8 heteroatoms. The SMILES string of the molecule is OC(O)(c1ccnc(-c2cccc3scnc23)c1)C(F)(F)F. The molecule has 0 spiro atoms. The summed E-state index contributed by atoms with van der Waals surface area (Å²) in [6.45, 7) is 0. The Labute approximate surface area is 126 Å². The molecular weight excluding hydrogens is 317 g/mol. The molecule has 0 unspecified atom stereocenters. The van der Waals surface area contributed by atoms with Crippen LogP contribution in [0.1, 0.15) is 5.56 Å². The van der Waals surface area contributed by atoms with E-state index in [4.69, 9.17) is 0 Å². The highest BCUT2D eigenvalue weighted by Gasteiger charge is 2.54. The van der Waals surface area contributed by atoms with Crippen LogP contribution >= 0.6 is 11.3 Å². The molecule has 1 aromatic carbocycles. The Morgan fingerprint density at radius 1 is 1.05 bits per heavy atom. The maximum Gasteiger partial charge on any atom is 0.447 e. The van der Waals surface area contributed by atoms with E-state index in [9.17, 15) is 23.4 Å². The largest absolute Gasteiger partial charge is 0.447 e. The minimum Gasteiger partial charge on any atom is -0.355 e. The first-order valence-electron chi connectivity index (χ1n) is 6.11. The Kier molecular flexibility index (Phi) is 3.39. The Hall–Kier alpha value is -2.03. The van der Waals surface area contributed by atoms with Crippen LogP contribution in [-0.4, -0.2) is 26.4 Å². The second-order valence-corrected chi connectivity index (χ2v) is 5.49. The van der Waals surface area contributed by atoms with Gasteiger partial charge in [0.05, 0.1) is 21.4 Å². The van der Waals surface area contributed by atoms with E-state index in [-0.39, 0.29) is 5.69 Å². The van der Waals surface area contributed by atoms with E-state index in [1.54, 1.807) is 17.6 Å². The third kappa shape index (κ3) is 2.35. The molecule has 3 rings (SSSR count). The third-order valence-electron chi connectivity index (χ3n) is 3.19. The molecule has 22 heavy (non-hydrogen) atoms. The van der Waals surface area contributed by atoms with Gasteiger partial charge in [-0.2, -0.15) is 13.2 Å². The molecule has 4 nitrogen and oxygen atoms in total. The minimum atomic E-state index is -5.21. The summed E-state index contributed by atoms with van der Waals surface area (Å²) in [6, 6.07) is 7.15. The zero-order chi connectivity index (χ0) is 16.0. The number of pyridine rings is 1. The number of hydrogen-bond donors (Lipinski definition) is 2. The molecule has 0 saturated heterocycles. The molecule has 114 valence electrons. The van der Waals surface area contributed by atoms with Gasteiger partial charge < -0.3 is 10.2 Å². The van der Waals surface area contributed by atoms with Crippen LogP contribution in [0, 0.1) is 0 Å². The summed E-state index contributed by atoms with van der Waals surface area (Å²) in [4.78, 5) is 8.18. The molecule has 0 aliphatic carbocycles. The number of aromatic nitrogens is 2. The second-order valence-electron chi connectivity index (χ2n) is 4.60. The van der Waals surface area contributed by atoms with Crippen LogP contribution in [0.25, 0.3) is 21.5 Å². The average molecular weight is 326 g/mol. The van der Waals surface area contributed by atoms with Crippen molar-refractivity contribution in [3.63, 3.8) is 0 Å². The number of thiazole rings is 1. The van der Waals surface area contributed by atoms with Gasteiger partial charge in [0.15, 0.2) is 0 Å². The van der Waals surface area contributed by atoms with Crippen molar-refractivity contribution in [2.45, 2.75) is 12.0 Å². The highest BCUT2D eigenvalue weighted by molar-refractivity contribution is 7.16. The number of alkyl halides is 3. The zero-order valence-electron chi connectivity index (χ0n) is 10.9. The van der Waals surface area contributed by atoms with E-state index in [1.165, 1.54) is 11.3 Å². The first-order chi connectivity index (χ1) is 10.3. The van der Waals surface area contributed by atoms with Crippen LogP contribution in [0.15, 0.2) is 42.0 Å². The first kappa shape index (κ1) is 14.9. The molecule has 0 amide bonds. The molecule has 0 fully saturated rings. The quantitative estimate of drug-likeness (QED) is 0.710. The number of benzene rings is 1. The Morgan fingerprint density at radius 3 is 2.55 bits per heavy atom. The average Bonchev–Trinajstić information content (AvgIpc) is 2.94. The summed E-state index contributed by atoms with van der Waals surface area (Å²) in [5.41, 5.74) is 2.24. The Bertz CT molecular complexity index is 830. The third-order valence-corrected chi connectivity index (χ3v) is 3.99. The lowest BCUT2D eigenvalue weighted by Gasteiger charge is -2.24. The number of rotatable bonds is 2. The smallest absolute Gasteiger partial charge is 0.355 e. The van der Waals surface area contributed by atoms with E-state index >= 15 is 0 Å². The maximum atomic E-state index is 12.7. The number of hydrogen-bond acceptors (Lipinski definition) is 5. The topological polar surface area (TPSA) is 66.2 Å². The highest BCUT2D eigenvalue weighted by Crippen LogP contribution is 2.38. The van der Waals surface area contributed by atoms with Crippen molar-refractivity contribution in [3.05, 3.63) is 47.6 Å². The van der Waals surface area contributed by atoms with E-state index < -0.39 is 17.5 Å². The Morgan fingerprint density at radius 2 is 1.82 bits per heavy atom. The first-order valence-corrected chi connectivity index (χ1v) is 6.99. The molecular formula is C14H9F3N2O2S. The van der Waals surface area contributed by atoms with Gasteiger partial charge in [-0.25, -0.2) is 4.98 Å². The van der Waals surface area contributed by atoms with Crippen molar-refractivity contribution in [2.24, 2.45) is 0 Å². The molecule has 0 atom stereocenters. The van der Waals surface area contributed by atoms with E-state index in [0.717, 1.165) is 23.0 Å². The van der Waals surface area contributed by atoms with Crippen LogP contribution in [0.4, 0.5) is 13.2 Å². The summed E-state index contributed by atoms with van der Waals surface area (Å²) >= 11 is 1.39. The van der Waals surface area contributed by atoms with Gasteiger partial charge in [0.25, 0.3) is 5.79 Å². The lowest BCUT2D eigenvalue weighted by Crippen LogP contribution is -2.42. The van der Waals surface area contributed by atoms with Crippen LogP contribution < -0.4 is 0 Å². The van der Waals surface area contributed by atoms with Crippen molar-refractivity contribution >= 4 is 21.6 Å². The van der Waals surface area contributed by atoms with Gasteiger partial charge in [-0.1, -0.05) is 12.1 Å². The van der Waals surface area contributed by atoms with Gasteiger partial charge in [-0.3, -0.25) is 4.98 Å². The lowest BCUT2D eigenvalue weighted by atomic mass is 10.0. The zero-order valence-corrected chi connectivity index (χ0v) is 11.7. The predicted octanol–water partition coefficient (Wildman–Crippen LogP) is 3.06. The number of para-hydroxylation sites is 1. The van der Waals surface area contributed by atoms with Gasteiger partial charge in [-0.15, -0.1) is 11.3 Å². The van der Waals surface area contributed by atoms with Crippen molar-refractivity contribution in [3.8, 4) is 11.3 Å². The van der Waals surface area contributed by atoms with Gasteiger partial charge in [0, 0.05) is 17.3 Å². The molecule has 0 saturated carbocycles. The molecule has 2 aromatic heterocycles. The number of fused-ring (bicyclic) bond motifs is 1. The summed E-state index contributed by atoms with van der Waals surface area (Å²) in [6.07, 6.45) is -4.11. The molecule has 3 aromatic rings. The van der Waals surface area contributed by atoms with E-state index in [0.29, 0.717) is 11.1 Å². The predicted molar refractivity (Wildman–Crippen MR) is 75.0 cm³/mol. The lowest BCUT2D eigenvalue weighted by molar-refractivity contribution is -0.358. The van der Waals surface area contributed by atoms with Crippen LogP contribution in [0.3, 0.4) is 0 Å². The fourth-order valence-electron chi connectivity index (χ4n) is 2.05. The number of aliphatic hydroxyl groups is 2. The number of halogens is 3. The summed E-state index contributed by atoms with van der Waals surface area (Å²) in [7, 11) is 0. The molecule has 0 aliphatic rings. The normalized spacial score (nSPS) is 12.8. The van der Waals surface area contributed by atoms with Crippen molar-refractivity contribution < 1.29 is 23.4 Å². The van der Waals surface area contributed by atoms with Crippen molar-refractivity contribution in [2.75, 3.05) is 0 Å². The van der Waals surface area contributed by atoms with Crippen molar-refractivity contribution in [1.82, 2.24) is 9.97 Å². The number of nitrogens with zero attached hydrogens (tertiary/aromatic N) is 2. The summed E-state index contributed by atoms with van der Waals surface area (Å²) in [5, 5.41) is 18.7. The van der Waals surface area contributed by atoms with Crippen LogP contribution in [0.2, 0.25) is 0 Å². The summed E-state index contributed by atoms with van der Waals surface area (Å²) in [5.74, 6) is -3.93. The maximum absolute atomic E-state index is 12.7. The van der Waals surface area contributed by atoms with Crippen LogP contribution in [0.5, 0.6) is 0 Å². The molecule has 0 bridgehead atoms. The summed E-state index contributed by atoms with van der Waals surface area (Å²) < 4.78 is 39.0. The van der Waals surface area contributed by atoms with Gasteiger partial charge >= 0.3 is 6.18 Å². The molecule has 0 aliphatic heterocycles. The van der Waals surface area contributed by atoms with E-state index in [2.05, 4.69) is 9.97 Å². The van der Waals surface area contributed by atoms with Crippen LogP contribution in [-0.2, 0) is 5.79 Å². The minimum absolute atomic E-state index is 0.186. The standard InChI is InChI=1S/C14H9F3N2O2S/c15-14(16,17)13(20,21)8-4-5-18-10(6-8)9-2-1-3-11-12(9)19-7-22-11/h1-7,20-21H.